The Morgan fingerprint density at radius 3 is 1.39 bits per heavy atom. The van der Waals surface area contributed by atoms with Gasteiger partial charge in [0.05, 0.1) is 0 Å². The number of hydrogen-bond donors (Lipinski definition) is 0. The summed E-state index contributed by atoms with van der Waals surface area (Å²) in [5, 5.41) is 0. The monoisotopic (exact) mass is 490 g/mol. The van der Waals surface area contributed by atoms with E-state index in [4.69, 9.17) is 0 Å². The van der Waals surface area contributed by atoms with Crippen LogP contribution in [0.25, 0.3) is 33.4 Å². The summed E-state index contributed by atoms with van der Waals surface area (Å²) < 4.78 is 2.07. The fourth-order valence-electron chi connectivity index (χ4n) is 3.35. The van der Waals surface area contributed by atoms with E-state index in [1.165, 1.54) is 0 Å². The van der Waals surface area contributed by atoms with Crippen LogP contribution in [0.2, 0.25) is 0 Å². The molecule has 0 aliphatic carbocycles. The highest BCUT2D eigenvalue weighted by atomic mass is 79.9. The maximum absolute atomic E-state index is 11.6. The maximum Gasteiger partial charge on any atom is 0.150 e. The largest absolute Gasteiger partial charge is 0.298 e. The first-order valence-corrected chi connectivity index (χ1v) is 10.5. The lowest BCUT2D eigenvalue weighted by Crippen LogP contribution is -1.91. The molecule has 4 aromatic carbocycles. The number of aldehydes is 1. The van der Waals surface area contributed by atoms with Crippen molar-refractivity contribution in [3.63, 3.8) is 0 Å². The fourth-order valence-corrected chi connectivity index (χ4v) is 4.37. The first-order chi connectivity index (χ1) is 13.7. The first-order valence-electron chi connectivity index (χ1n) is 8.87. The molecule has 0 fully saturated rings. The van der Waals surface area contributed by atoms with Crippen molar-refractivity contribution in [1.82, 2.24) is 0 Å². The molecule has 0 aromatic heterocycles. The Morgan fingerprint density at radius 1 is 0.536 bits per heavy atom. The van der Waals surface area contributed by atoms with Gasteiger partial charge in [-0.25, -0.2) is 0 Å². The molecule has 0 amide bonds. The molecule has 0 heterocycles. The van der Waals surface area contributed by atoms with Gasteiger partial charge in [-0.15, -0.1) is 0 Å². The molecular weight excluding hydrogens is 476 g/mol. The van der Waals surface area contributed by atoms with E-state index in [2.05, 4.69) is 62.2 Å². The molecule has 1 nitrogen and oxygen atoms in total. The molecule has 3 heteroatoms. The third-order valence-electron chi connectivity index (χ3n) is 4.70. The average molecular weight is 492 g/mol. The summed E-state index contributed by atoms with van der Waals surface area (Å²) in [7, 11) is 0. The standard InChI is InChI=1S/C25H16Br2O/c26-24-11-5-3-9-22(24)19-13-18(21-8-2-1-7-17(21)16-28)14-20(15-19)23-10-4-6-12-25(23)27/h1-16H. The Bertz CT molecular complexity index is 1100. The van der Waals surface area contributed by atoms with Gasteiger partial charge in [-0.3, -0.25) is 4.79 Å². The number of halogens is 2. The summed E-state index contributed by atoms with van der Waals surface area (Å²) in [6.07, 6.45) is 0.915. The predicted molar refractivity (Wildman–Crippen MR) is 124 cm³/mol. The second-order valence-electron chi connectivity index (χ2n) is 6.46. The molecule has 0 radical (unpaired) electrons. The zero-order chi connectivity index (χ0) is 19.5. The summed E-state index contributed by atoms with van der Waals surface area (Å²) in [5.74, 6) is 0. The molecule has 0 spiro atoms. The summed E-state index contributed by atoms with van der Waals surface area (Å²) in [4.78, 5) is 11.6. The average Bonchev–Trinajstić information content (AvgIpc) is 2.74. The van der Waals surface area contributed by atoms with Gasteiger partial charge in [-0.2, -0.15) is 0 Å². The molecule has 28 heavy (non-hydrogen) atoms. The van der Waals surface area contributed by atoms with Crippen molar-refractivity contribution < 1.29 is 4.79 Å². The minimum atomic E-state index is 0.685. The third kappa shape index (κ3) is 3.73. The molecule has 4 rings (SSSR count). The zero-order valence-electron chi connectivity index (χ0n) is 14.9. The highest BCUT2D eigenvalue weighted by Crippen LogP contribution is 2.38. The number of rotatable bonds is 4. The topological polar surface area (TPSA) is 17.1 Å². The summed E-state index contributed by atoms with van der Waals surface area (Å²) >= 11 is 7.34. The van der Waals surface area contributed by atoms with E-state index < -0.39 is 0 Å². The van der Waals surface area contributed by atoms with Gasteiger partial charge in [0, 0.05) is 14.5 Å². The van der Waals surface area contributed by atoms with Gasteiger partial charge >= 0.3 is 0 Å². The molecule has 0 unspecified atom stereocenters. The van der Waals surface area contributed by atoms with Crippen molar-refractivity contribution >= 4 is 38.1 Å². The lowest BCUT2D eigenvalue weighted by molar-refractivity contribution is 0.112. The molecule has 0 bridgehead atoms. The van der Waals surface area contributed by atoms with E-state index in [1.807, 2.05) is 60.7 Å². The van der Waals surface area contributed by atoms with Gasteiger partial charge in [-0.05, 0) is 63.7 Å². The normalized spacial score (nSPS) is 10.6. The van der Waals surface area contributed by atoms with Gasteiger partial charge in [0.1, 0.15) is 0 Å². The maximum atomic E-state index is 11.6. The minimum absolute atomic E-state index is 0.685. The molecular formula is C25H16Br2O. The highest BCUT2D eigenvalue weighted by molar-refractivity contribution is 9.11. The summed E-state index contributed by atoms with van der Waals surface area (Å²) in [5.41, 5.74) is 7.04. The van der Waals surface area contributed by atoms with Crippen LogP contribution >= 0.6 is 31.9 Å². The lowest BCUT2D eigenvalue weighted by atomic mass is 9.92. The second kappa shape index (κ2) is 8.26. The summed E-state index contributed by atoms with van der Waals surface area (Å²) in [6.45, 7) is 0. The van der Waals surface area contributed by atoms with Crippen LogP contribution in [-0.2, 0) is 0 Å². The Balaban J connectivity index is 2.00. The van der Waals surface area contributed by atoms with Gasteiger partial charge in [0.2, 0.25) is 0 Å². The van der Waals surface area contributed by atoms with Crippen molar-refractivity contribution in [3.05, 3.63) is 106 Å². The molecule has 4 aromatic rings. The van der Waals surface area contributed by atoms with E-state index in [9.17, 15) is 4.79 Å². The first kappa shape index (κ1) is 18.9. The van der Waals surface area contributed by atoms with Crippen LogP contribution in [0.5, 0.6) is 0 Å². The summed E-state index contributed by atoms with van der Waals surface area (Å²) in [6, 6.07) is 30.5. The molecule has 0 aliphatic heterocycles. The van der Waals surface area contributed by atoms with E-state index in [0.29, 0.717) is 5.56 Å². The van der Waals surface area contributed by atoms with Crippen molar-refractivity contribution in [3.8, 4) is 33.4 Å². The molecule has 0 saturated heterocycles. The Kier molecular flexibility index (Phi) is 5.56. The quantitative estimate of drug-likeness (QED) is 0.264. The van der Waals surface area contributed by atoms with E-state index in [0.717, 1.165) is 48.6 Å². The van der Waals surface area contributed by atoms with Crippen LogP contribution in [-0.4, -0.2) is 6.29 Å². The molecule has 0 saturated carbocycles. The predicted octanol–water partition coefficient (Wildman–Crippen LogP) is 8.03. The lowest BCUT2D eigenvalue weighted by Gasteiger charge is -2.14. The number of carbonyl (C=O) groups is 1. The van der Waals surface area contributed by atoms with Crippen LogP contribution < -0.4 is 0 Å². The van der Waals surface area contributed by atoms with Crippen molar-refractivity contribution in [1.29, 1.82) is 0 Å². The van der Waals surface area contributed by atoms with Gasteiger partial charge in [-0.1, -0.05) is 92.5 Å². The fraction of sp³-hybridized carbons (Fsp3) is 0. The van der Waals surface area contributed by atoms with Crippen molar-refractivity contribution in [2.45, 2.75) is 0 Å². The molecule has 0 N–H and O–H groups in total. The third-order valence-corrected chi connectivity index (χ3v) is 6.08. The Morgan fingerprint density at radius 2 is 0.929 bits per heavy atom. The Labute approximate surface area is 181 Å². The minimum Gasteiger partial charge on any atom is -0.298 e. The van der Waals surface area contributed by atoms with Crippen LogP contribution in [0.3, 0.4) is 0 Å². The molecule has 0 aliphatic rings. The van der Waals surface area contributed by atoms with Crippen molar-refractivity contribution in [2.75, 3.05) is 0 Å². The second-order valence-corrected chi connectivity index (χ2v) is 8.17. The number of benzene rings is 4. The molecule has 0 atom stereocenters. The van der Waals surface area contributed by atoms with Gasteiger partial charge in [0.15, 0.2) is 6.29 Å². The van der Waals surface area contributed by atoms with E-state index in [1.54, 1.807) is 0 Å². The van der Waals surface area contributed by atoms with E-state index >= 15 is 0 Å². The van der Waals surface area contributed by atoms with Gasteiger partial charge in [0.25, 0.3) is 0 Å². The SMILES string of the molecule is O=Cc1ccccc1-c1cc(-c2ccccc2Br)cc(-c2ccccc2Br)c1. The highest BCUT2D eigenvalue weighted by Gasteiger charge is 2.12. The zero-order valence-corrected chi connectivity index (χ0v) is 18.1. The van der Waals surface area contributed by atoms with Crippen LogP contribution in [0.4, 0.5) is 0 Å². The number of carbonyl (C=O) groups excluding carboxylic acids is 1. The number of hydrogen-bond acceptors (Lipinski definition) is 1. The van der Waals surface area contributed by atoms with Crippen LogP contribution in [0.1, 0.15) is 10.4 Å². The smallest absolute Gasteiger partial charge is 0.150 e. The van der Waals surface area contributed by atoms with Crippen LogP contribution in [0, 0.1) is 0 Å². The molecule has 136 valence electrons. The Hall–Kier alpha value is -2.49. The van der Waals surface area contributed by atoms with Gasteiger partial charge < -0.3 is 0 Å². The van der Waals surface area contributed by atoms with Crippen LogP contribution in [0.15, 0.2) is 99.9 Å². The van der Waals surface area contributed by atoms with Crippen molar-refractivity contribution in [2.24, 2.45) is 0 Å². The van der Waals surface area contributed by atoms with E-state index in [-0.39, 0.29) is 0 Å².